The molecule has 0 saturated carbocycles. The lowest BCUT2D eigenvalue weighted by atomic mass is 10.3. The molecule has 0 aliphatic rings. The van der Waals surface area contributed by atoms with Crippen LogP contribution in [0, 0.1) is 0 Å². The third-order valence-corrected chi connectivity index (χ3v) is 2.65. The minimum atomic E-state index is 0.533. The van der Waals surface area contributed by atoms with Crippen LogP contribution in [0.2, 0.25) is 0 Å². The van der Waals surface area contributed by atoms with E-state index >= 15 is 0 Å². The van der Waals surface area contributed by atoms with Crippen LogP contribution in [-0.2, 0) is 6.42 Å². The number of nitrogens with zero attached hydrogens (tertiary/aromatic N) is 4. The Morgan fingerprint density at radius 3 is 2.87 bits per heavy atom. The van der Waals surface area contributed by atoms with Gasteiger partial charge in [-0.05, 0) is 45.0 Å². The van der Waals surface area contributed by atoms with Crippen molar-refractivity contribution in [2.24, 2.45) is 5.73 Å². The zero-order valence-electron chi connectivity index (χ0n) is 7.97. The third kappa shape index (κ3) is 2.05. The number of aromatic nitrogens is 4. The first-order valence-electron chi connectivity index (χ1n) is 4.55. The van der Waals surface area contributed by atoms with E-state index in [1.807, 2.05) is 24.3 Å². The fourth-order valence-corrected chi connectivity index (χ4v) is 1.75. The molecule has 78 valence electrons. The highest BCUT2D eigenvalue weighted by Gasteiger charge is 2.09. The average molecular weight is 268 g/mol. The van der Waals surface area contributed by atoms with Crippen LogP contribution < -0.4 is 5.73 Å². The first kappa shape index (κ1) is 10.3. The van der Waals surface area contributed by atoms with Crippen molar-refractivity contribution >= 4 is 15.9 Å². The normalized spacial score (nSPS) is 10.5. The molecule has 0 amide bonds. The molecule has 1 heterocycles. The maximum absolute atomic E-state index is 5.48. The Hall–Kier alpha value is -1.27. The highest BCUT2D eigenvalue weighted by atomic mass is 79.9. The molecule has 0 aliphatic heterocycles. The van der Waals surface area contributed by atoms with Crippen molar-refractivity contribution in [2.45, 2.75) is 6.42 Å². The molecule has 0 bridgehead atoms. The van der Waals surface area contributed by atoms with Crippen molar-refractivity contribution in [3.05, 3.63) is 34.6 Å². The quantitative estimate of drug-likeness (QED) is 0.898. The lowest BCUT2D eigenvalue weighted by Gasteiger charge is -2.05. The Balaban J connectivity index is 2.45. The highest BCUT2D eigenvalue weighted by molar-refractivity contribution is 9.10. The molecule has 2 N–H and O–H groups in total. The van der Waals surface area contributed by atoms with E-state index in [2.05, 4.69) is 31.5 Å². The van der Waals surface area contributed by atoms with E-state index in [0.29, 0.717) is 13.0 Å². The number of halogens is 1. The zero-order valence-corrected chi connectivity index (χ0v) is 9.55. The van der Waals surface area contributed by atoms with Crippen molar-refractivity contribution in [3.8, 4) is 5.69 Å². The van der Waals surface area contributed by atoms with E-state index < -0.39 is 0 Å². The summed E-state index contributed by atoms with van der Waals surface area (Å²) in [5, 5.41) is 11.5. The molecule has 0 spiro atoms. The summed E-state index contributed by atoms with van der Waals surface area (Å²) in [6.07, 6.45) is 0.661. The molecule has 0 radical (unpaired) electrons. The standard InChI is InChI=1S/C9H10BrN5/c10-7-3-1-2-4-8(7)15-9(5-6-11)12-13-14-15/h1-4H,5-6,11H2. The fraction of sp³-hybridized carbons (Fsp3) is 0.222. The zero-order chi connectivity index (χ0) is 10.7. The number of para-hydroxylation sites is 1. The second kappa shape index (κ2) is 4.50. The summed E-state index contributed by atoms with van der Waals surface area (Å²) in [6, 6.07) is 7.78. The van der Waals surface area contributed by atoms with Gasteiger partial charge in [0.2, 0.25) is 0 Å². The Labute approximate surface area is 95.4 Å². The van der Waals surface area contributed by atoms with Gasteiger partial charge in [-0.3, -0.25) is 0 Å². The fourth-order valence-electron chi connectivity index (χ4n) is 1.30. The van der Waals surface area contributed by atoms with Crippen molar-refractivity contribution < 1.29 is 0 Å². The van der Waals surface area contributed by atoms with E-state index in [1.54, 1.807) is 4.68 Å². The maximum atomic E-state index is 5.48. The molecule has 0 atom stereocenters. The molecule has 5 nitrogen and oxygen atoms in total. The smallest absolute Gasteiger partial charge is 0.158 e. The monoisotopic (exact) mass is 267 g/mol. The number of hydrogen-bond acceptors (Lipinski definition) is 4. The van der Waals surface area contributed by atoms with Crippen LogP contribution in [0.1, 0.15) is 5.82 Å². The molecule has 0 saturated heterocycles. The molecular weight excluding hydrogens is 258 g/mol. The van der Waals surface area contributed by atoms with Crippen LogP contribution in [0.15, 0.2) is 28.7 Å². The number of tetrazole rings is 1. The van der Waals surface area contributed by atoms with E-state index in [-0.39, 0.29) is 0 Å². The summed E-state index contributed by atoms with van der Waals surface area (Å²) >= 11 is 3.46. The average Bonchev–Trinajstić information content (AvgIpc) is 2.67. The van der Waals surface area contributed by atoms with Crippen molar-refractivity contribution in [3.63, 3.8) is 0 Å². The minimum Gasteiger partial charge on any atom is -0.330 e. The number of rotatable bonds is 3. The molecule has 2 rings (SSSR count). The summed E-state index contributed by atoms with van der Waals surface area (Å²) < 4.78 is 2.65. The van der Waals surface area contributed by atoms with Crippen LogP contribution in [0.5, 0.6) is 0 Å². The SMILES string of the molecule is NCCc1nnnn1-c1ccccc1Br. The van der Waals surface area contributed by atoms with Gasteiger partial charge in [0, 0.05) is 10.9 Å². The molecule has 0 unspecified atom stereocenters. The van der Waals surface area contributed by atoms with Crippen LogP contribution in [0.25, 0.3) is 5.69 Å². The Morgan fingerprint density at radius 1 is 1.33 bits per heavy atom. The predicted octanol–water partition coefficient (Wildman–Crippen LogP) is 0.926. The summed E-state index contributed by atoms with van der Waals surface area (Å²) in [4.78, 5) is 0. The second-order valence-corrected chi connectivity index (χ2v) is 3.85. The Morgan fingerprint density at radius 2 is 2.13 bits per heavy atom. The van der Waals surface area contributed by atoms with Gasteiger partial charge in [0.1, 0.15) is 0 Å². The topological polar surface area (TPSA) is 69.6 Å². The molecule has 0 fully saturated rings. The number of hydrogen-bond donors (Lipinski definition) is 1. The summed E-state index contributed by atoms with van der Waals surface area (Å²) in [7, 11) is 0. The largest absolute Gasteiger partial charge is 0.330 e. The van der Waals surface area contributed by atoms with Crippen molar-refractivity contribution in [1.82, 2.24) is 20.2 Å². The summed E-state index contributed by atoms with van der Waals surface area (Å²) in [5.74, 6) is 0.768. The van der Waals surface area contributed by atoms with Crippen molar-refractivity contribution in [2.75, 3.05) is 6.54 Å². The lowest BCUT2D eigenvalue weighted by Crippen LogP contribution is -2.10. The summed E-state index contributed by atoms with van der Waals surface area (Å²) in [6.45, 7) is 0.533. The van der Waals surface area contributed by atoms with Crippen LogP contribution in [0.3, 0.4) is 0 Å². The number of nitrogens with two attached hydrogens (primary N) is 1. The van der Waals surface area contributed by atoms with E-state index in [0.717, 1.165) is 16.0 Å². The Bertz CT molecular complexity index is 453. The van der Waals surface area contributed by atoms with E-state index in [9.17, 15) is 0 Å². The van der Waals surface area contributed by atoms with Gasteiger partial charge in [-0.2, -0.15) is 4.68 Å². The second-order valence-electron chi connectivity index (χ2n) is 3.00. The maximum Gasteiger partial charge on any atom is 0.158 e. The molecule has 0 aliphatic carbocycles. The highest BCUT2D eigenvalue weighted by Crippen LogP contribution is 2.19. The van der Waals surface area contributed by atoms with E-state index in [1.165, 1.54) is 0 Å². The van der Waals surface area contributed by atoms with Gasteiger partial charge in [-0.15, -0.1) is 5.10 Å². The lowest BCUT2D eigenvalue weighted by molar-refractivity contribution is 0.753. The minimum absolute atomic E-state index is 0.533. The molecular formula is C9H10BrN5. The van der Waals surface area contributed by atoms with Gasteiger partial charge in [0.25, 0.3) is 0 Å². The van der Waals surface area contributed by atoms with Gasteiger partial charge < -0.3 is 5.73 Å². The number of benzene rings is 1. The van der Waals surface area contributed by atoms with Gasteiger partial charge in [0.15, 0.2) is 5.82 Å². The molecule has 1 aromatic carbocycles. The van der Waals surface area contributed by atoms with Gasteiger partial charge in [-0.25, -0.2) is 0 Å². The van der Waals surface area contributed by atoms with Gasteiger partial charge in [0.05, 0.1) is 5.69 Å². The molecule has 6 heteroatoms. The van der Waals surface area contributed by atoms with Gasteiger partial charge >= 0.3 is 0 Å². The van der Waals surface area contributed by atoms with Crippen LogP contribution in [0.4, 0.5) is 0 Å². The van der Waals surface area contributed by atoms with E-state index in [4.69, 9.17) is 5.73 Å². The molecule has 15 heavy (non-hydrogen) atoms. The summed E-state index contributed by atoms with van der Waals surface area (Å²) in [5.41, 5.74) is 6.41. The van der Waals surface area contributed by atoms with Crippen LogP contribution >= 0.6 is 15.9 Å². The Kier molecular flexibility index (Phi) is 3.08. The molecule has 1 aromatic heterocycles. The first-order valence-corrected chi connectivity index (χ1v) is 5.34. The third-order valence-electron chi connectivity index (χ3n) is 1.98. The van der Waals surface area contributed by atoms with Crippen LogP contribution in [-0.4, -0.2) is 26.8 Å². The van der Waals surface area contributed by atoms with Gasteiger partial charge in [-0.1, -0.05) is 12.1 Å². The predicted molar refractivity (Wildman–Crippen MR) is 59.6 cm³/mol. The van der Waals surface area contributed by atoms with Crippen molar-refractivity contribution in [1.29, 1.82) is 0 Å². The molecule has 2 aromatic rings. The first-order chi connectivity index (χ1) is 7.33.